The Labute approximate surface area is 193 Å². The monoisotopic (exact) mass is 453 g/mol. The van der Waals surface area contributed by atoms with E-state index in [1.165, 1.54) is 10.3 Å². The zero-order valence-corrected chi connectivity index (χ0v) is 19.0. The molecule has 7 heteroatoms. The summed E-state index contributed by atoms with van der Waals surface area (Å²) in [4.78, 5) is 8.14. The molecule has 6 rings (SSSR count). The van der Waals surface area contributed by atoms with Crippen molar-refractivity contribution in [1.82, 2.24) is 24.7 Å². The first-order valence-electron chi connectivity index (χ1n) is 10.3. The molecular weight excluding hydrogens is 434 g/mol. The molecule has 1 N–H and O–H groups in total. The molecule has 0 fully saturated rings. The minimum atomic E-state index is 0.747. The Balaban J connectivity index is 1.43. The number of aromatic amines is 1. The van der Waals surface area contributed by atoms with Gasteiger partial charge in [0.1, 0.15) is 5.01 Å². The molecule has 3 aromatic heterocycles. The van der Waals surface area contributed by atoms with Crippen LogP contribution in [0.5, 0.6) is 0 Å². The van der Waals surface area contributed by atoms with Crippen molar-refractivity contribution < 1.29 is 0 Å². The highest BCUT2D eigenvalue weighted by Crippen LogP contribution is 2.34. The van der Waals surface area contributed by atoms with E-state index in [1.807, 2.05) is 18.3 Å². The van der Waals surface area contributed by atoms with Crippen LogP contribution in [0.1, 0.15) is 10.6 Å². The molecule has 3 aromatic carbocycles. The van der Waals surface area contributed by atoms with Gasteiger partial charge in [-0.2, -0.15) is 0 Å². The second-order valence-electron chi connectivity index (χ2n) is 7.59. The summed E-state index contributed by atoms with van der Waals surface area (Å²) in [7, 11) is 0. The fraction of sp³-hybridized carbons (Fsp3) is 0.0800. The van der Waals surface area contributed by atoms with Crippen LogP contribution in [0.4, 0.5) is 0 Å². The van der Waals surface area contributed by atoms with Gasteiger partial charge in [-0.1, -0.05) is 54.2 Å². The topological polar surface area (TPSA) is 59.4 Å². The normalized spacial score (nSPS) is 11.5. The Kier molecular flexibility index (Phi) is 4.78. The number of rotatable bonds is 5. The molecule has 0 atom stereocenters. The molecule has 5 nitrogen and oxygen atoms in total. The Morgan fingerprint density at radius 2 is 1.84 bits per heavy atom. The van der Waals surface area contributed by atoms with Gasteiger partial charge in [0.25, 0.3) is 0 Å². The number of hydrogen-bond donors (Lipinski definition) is 1. The van der Waals surface area contributed by atoms with E-state index in [1.54, 1.807) is 23.1 Å². The van der Waals surface area contributed by atoms with Crippen LogP contribution in [0, 0.1) is 6.92 Å². The van der Waals surface area contributed by atoms with E-state index in [4.69, 9.17) is 4.98 Å². The number of para-hydroxylation sites is 2. The minimum Gasteiger partial charge on any atom is -0.360 e. The van der Waals surface area contributed by atoms with E-state index >= 15 is 0 Å². The van der Waals surface area contributed by atoms with Crippen LogP contribution in [0.3, 0.4) is 0 Å². The summed E-state index contributed by atoms with van der Waals surface area (Å²) in [6.45, 7) is 2.10. The van der Waals surface area contributed by atoms with Crippen molar-refractivity contribution in [3.8, 4) is 17.1 Å². The van der Waals surface area contributed by atoms with Crippen LogP contribution in [0.2, 0.25) is 0 Å². The second kappa shape index (κ2) is 7.93. The Hall–Kier alpha value is -3.42. The van der Waals surface area contributed by atoms with Crippen molar-refractivity contribution in [1.29, 1.82) is 0 Å². The van der Waals surface area contributed by atoms with Crippen molar-refractivity contribution in [2.45, 2.75) is 17.8 Å². The number of thioether (sulfide) groups is 1. The SMILES string of the molecule is Cc1cccc(-n2c(SCc3nc4ccccc4s3)nnc2-c2c[nH]c3ccccc23)c1. The maximum atomic E-state index is 4.78. The Morgan fingerprint density at radius 1 is 0.969 bits per heavy atom. The van der Waals surface area contributed by atoms with Gasteiger partial charge in [-0.25, -0.2) is 4.98 Å². The lowest BCUT2D eigenvalue weighted by Gasteiger charge is -2.10. The van der Waals surface area contributed by atoms with Gasteiger partial charge in [0.05, 0.1) is 16.0 Å². The van der Waals surface area contributed by atoms with Crippen LogP contribution in [-0.4, -0.2) is 24.7 Å². The first kappa shape index (κ1) is 19.3. The highest BCUT2D eigenvalue weighted by Gasteiger charge is 2.19. The first-order chi connectivity index (χ1) is 15.8. The number of aromatic nitrogens is 5. The van der Waals surface area contributed by atoms with E-state index in [2.05, 4.69) is 87.3 Å². The molecule has 0 amide bonds. The summed E-state index contributed by atoms with van der Waals surface area (Å²) < 4.78 is 3.36. The van der Waals surface area contributed by atoms with Gasteiger partial charge < -0.3 is 4.98 Å². The van der Waals surface area contributed by atoms with Crippen molar-refractivity contribution in [3.63, 3.8) is 0 Å². The van der Waals surface area contributed by atoms with Crippen LogP contribution in [-0.2, 0) is 5.75 Å². The quantitative estimate of drug-likeness (QED) is 0.298. The van der Waals surface area contributed by atoms with Gasteiger partial charge in [0, 0.05) is 28.4 Å². The summed E-state index contributed by atoms with van der Waals surface area (Å²) in [6, 6.07) is 25.0. The second-order valence-corrected chi connectivity index (χ2v) is 9.65. The number of nitrogens with one attached hydrogen (secondary N) is 1. The van der Waals surface area contributed by atoms with Crippen LogP contribution < -0.4 is 0 Å². The molecule has 3 heterocycles. The number of aryl methyl sites for hydroxylation is 1. The molecule has 32 heavy (non-hydrogen) atoms. The fourth-order valence-corrected chi connectivity index (χ4v) is 5.81. The predicted molar refractivity (Wildman–Crippen MR) is 133 cm³/mol. The molecule has 0 aliphatic carbocycles. The molecule has 6 aromatic rings. The van der Waals surface area contributed by atoms with Gasteiger partial charge in [-0.15, -0.1) is 21.5 Å². The summed E-state index contributed by atoms with van der Waals surface area (Å²) in [5.41, 5.74) is 5.43. The molecule has 0 unspecified atom stereocenters. The van der Waals surface area contributed by atoms with Gasteiger partial charge >= 0.3 is 0 Å². The van der Waals surface area contributed by atoms with Gasteiger partial charge in [0.15, 0.2) is 11.0 Å². The fourth-order valence-electron chi connectivity index (χ4n) is 3.90. The summed E-state index contributed by atoms with van der Waals surface area (Å²) in [5.74, 6) is 1.58. The molecule has 0 aliphatic rings. The van der Waals surface area contributed by atoms with E-state index < -0.39 is 0 Å². The van der Waals surface area contributed by atoms with Crippen LogP contribution >= 0.6 is 23.1 Å². The number of nitrogens with zero attached hydrogens (tertiary/aromatic N) is 4. The number of benzene rings is 3. The number of hydrogen-bond acceptors (Lipinski definition) is 5. The lowest BCUT2D eigenvalue weighted by molar-refractivity contribution is 0.885. The predicted octanol–water partition coefficient (Wildman–Crippen LogP) is 6.63. The van der Waals surface area contributed by atoms with E-state index in [9.17, 15) is 0 Å². The van der Waals surface area contributed by atoms with Gasteiger partial charge in [-0.3, -0.25) is 4.57 Å². The van der Waals surface area contributed by atoms with Crippen molar-refractivity contribution in [2.75, 3.05) is 0 Å². The van der Waals surface area contributed by atoms with E-state index in [0.29, 0.717) is 0 Å². The van der Waals surface area contributed by atoms with Crippen LogP contribution in [0.25, 0.3) is 38.2 Å². The third-order valence-corrected chi connectivity index (χ3v) is 7.55. The largest absolute Gasteiger partial charge is 0.360 e. The zero-order valence-electron chi connectivity index (χ0n) is 17.3. The average Bonchev–Trinajstić information content (AvgIpc) is 3.53. The zero-order chi connectivity index (χ0) is 21.5. The van der Waals surface area contributed by atoms with Crippen LogP contribution in [0.15, 0.2) is 84.1 Å². The maximum absolute atomic E-state index is 4.78. The minimum absolute atomic E-state index is 0.747. The Morgan fingerprint density at radius 3 is 2.75 bits per heavy atom. The van der Waals surface area contributed by atoms with Crippen molar-refractivity contribution in [3.05, 3.63) is 89.6 Å². The maximum Gasteiger partial charge on any atom is 0.196 e. The van der Waals surface area contributed by atoms with Gasteiger partial charge in [0.2, 0.25) is 0 Å². The molecular formula is C25H19N5S2. The smallest absolute Gasteiger partial charge is 0.196 e. The standard InChI is InChI=1S/C25H19N5S2/c1-16-7-6-8-17(13-16)30-24(19-14-26-20-10-3-2-9-18(19)20)28-29-25(30)31-15-23-27-21-11-4-5-12-22(21)32-23/h2-14,26H,15H2,1H3. The lowest BCUT2D eigenvalue weighted by Crippen LogP contribution is -2.00. The Bertz CT molecular complexity index is 1530. The third kappa shape index (κ3) is 3.39. The lowest BCUT2D eigenvalue weighted by atomic mass is 10.1. The summed E-state index contributed by atoms with van der Waals surface area (Å²) >= 11 is 3.40. The number of fused-ring (bicyclic) bond motifs is 2. The molecule has 0 radical (unpaired) electrons. The van der Waals surface area contributed by atoms with E-state index in [0.717, 1.165) is 49.4 Å². The van der Waals surface area contributed by atoms with Crippen molar-refractivity contribution in [2.24, 2.45) is 0 Å². The van der Waals surface area contributed by atoms with Gasteiger partial charge in [-0.05, 0) is 42.8 Å². The molecule has 156 valence electrons. The highest BCUT2D eigenvalue weighted by molar-refractivity contribution is 7.98. The van der Waals surface area contributed by atoms with Crippen molar-refractivity contribution >= 4 is 44.2 Å². The molecule has 0 bridgehead atoms. The molecule has 0 saturated heterocycles. The summed E-state index contributed by atoms with van der Waals surface area (Å²) in [6.07, 6.45) is 2.02. The van der Waals surface area contributed by atoms with E-state index in [-0.39, 0.29) is 0 Å². The molecule has 0 aliphatic heterocycles. The highest BCUT2D eigenvalue weighted by atomic mass is 32.2. The molecule has 0 saturated carbocycles. The molecule has 0 spiro atoms. The number of H-pyrrole nitrogens is 1. The number of thiazole rings is 1. The third-order valence-electron chi connectivity index (χ3n) is 5.39. The first-order valence-corrected chi connectivity index (χ1v) is 12.1. The summed E-state index contributed by atoms with van der Waals surface area (Å²) in [5, 5.41) is 12.3. The average molecular weight is 454 g/mol.